The number of benzene rings is 1. The van der Waals surface area contributed by atoms with Crippen LogP contribution in [0, 0.1) is 13.8 Å². The van der Waals surface area contributed by atoms with Crippen LogP contribution in [0.4, 0.5) is 0 Å². The summed E-state index contributed by atoms with van der Waals surface area (Å²) in [6, 6.07) is 12.8. The average molecular weight is 457 g/mol. The lowest BCUT2D eigenvalue weighted by Gasteiger charge is -2.28. The van der Waals surface area contributed by atoms with Gasteiger partial charge in [0.1, 0.15) is 5.75 Å². The SMILES string of the molecule is Cc1cc([C@@H]2[C@@H](c3ccccn3)NC(=S)N2CCCO)c(C)n1-c1cc(Cl)ccc1O. The molecule has 2 atom stereocenters. The summed E-state index contributed by atoms with van der Waals surface area (Å²) in [4.78, 5) is 6.69. The van der Waals surface area contributed by atoms with Crippen LogP contribution in [0.2, 0.25) is 5.02 Å². The number of halogens is 1. The lowest BCUT2D eigenvalue weighted by Crippen LogP contribution is -2.31. The van der Waals surface area contributed by atoms with Gasteiger partial charge in [0.05, 0.1) is 23.5 Å². The van der Waals surface area contributed by atoms with Crippen LogP contribution in [-0.4, -0.2) is 42.9 Å². The highest BCUT2D eigenvalue weighted by Gasteiger charge is 2.41. The highest BCUT2D eigenvalue weighted by atomic mass is 35.5. The Labute approximate surface area is 192 Å². The third-order valence-electron chi connectivity index (χ3n) is 5.72. The zero-order valence-corrected chi connectivity index (χ0v) is 19.0. The zero-order chi connectivity index (χ0) is 22.1. The Hall–Kier alpha value is -2.61. The smallest absolute Gasteiger partial charge is 0.170 e. The Morgan fingerprint density at radius 3 is 2.71 bits per heavy atom. The first-order valence-electron chi connectivity index (χ1n) is 10.2. The number of phenols is 1. The second kappa shape index (κ2) is 8.86. The minimum absolute atomic E-state index is 0.0928. The topological polar surface area (TPSA) is 73.5 Å². The number of pyridine rings is 1. The molecule has 2 aromatic heterocycles. The first-order chi connectivity index (χ1) is 14.9. The quantitative estimate of drug-likeness (QED) is 0.483. The van der Waals surface area contributed by atoms with Gasteiger partial charge in [0, 0.05) is 35.8 Å². The van der Waals surface area contributed by atoms with Gasteiger partial charge in [-0.3, -0.25) is 4.98 Å². The molecular weight excluding hydrogens is 432 g/mol. The van der Waals surface area contributed by atoms with Gasteiger partial charge < -0.3 is 25.0 Å². The van der Waals surface area contributed by atoms with Gasteiger partial charge in [0.25, 0.3) is 0 Å². The fraction of sp³-hybridized carbons (Fsp3) is 0.304. The van der Waals surface area contributed by atoms with Gasteiger partial charge in [-0.15, -0.1) is 0 Å². The molecule has 0 unspecified atom stereocenters. The number of aromatic hydroxyl groups is 1. The van der Waals surface area contributed by atoms with Crippen LogP contribution in [0.15, 0.2) is 48.7 Å². The van der Waals surface area contributed by atoms with Gasteiger partial charge >= 0.3 is 0 Å². The summed E-state index contributed by atoms with van der Waals surface area (Å²) in [5.74, 6) is 0.163. The van der Waals surface area contributed by atoms with Gasteiger partial charge in [-0.1, -0.05) is 17.7 Å². The second-order valence-corrected chi connectivity index (χ2v) is 8.52. The summed E-state index contributed by atoms with van der Waals surface area (Å²) in [6.07, 6.45) is 2.39. The molecule has 4 rings (SSSR count). The van der Waals surface area contributed by atoms with Crippen molar-refractivity contribution in [2.75, 3.05) is 13.2 Å². The Bertz CT molecular complexity index is 1100. The van der Waals surface area contributed by atoms with Crippen molar-refractivity contribution in [1.29, 1.82) is 0 Å². The monoisotopic (exact) mass is 456 g/mol. The van der Waals surface area contributed by atoms with Crippen LogP contribution in [0.3, 0.4) is 0 Å². The largest absolute Gasteiger partial charge is 0.506 e. The van der Waals surface area contributed by atoms with Crippen LogP contribution >= 0.6 is 23.8 Å². The van der Waals surface area contributed by atoms with Gasteiger partial charge in [0.2, 0.25) is 0 Å². The van der Waals surface area contributed by atoms with E-state index in [0.29, 0.717) is 28.8 Å². The second-order valence-electron chi connectivity index (χ2n) is 7.69. The molecule has 6 nitrogen and oxygen atoms in total. The van der Waals surface area contributed by atoms with Crippen LogP contribution in [0.1, 0.15) is 41.1 Å². The molecule has 1 fully saturated rings. The number of aliphatic hydroxyl groups excluding tert-OH is 1. The number of hydrogen-bond donors (Lipinski definition) is 3. The number of nitrogens with one attached hydrogen (secondary N) is 1. The number of nitrogens with zero attached hydrogens (tertiary/aromatic N) is 3. The molecule has 0 bridgehead atoms. The Balaban J connectivity index is 1.84. The molecule has 1 saturated heterocycles. The van der Waals surface area contributed by atoms with Gasteiger partial charge in [-0.05, 0) is 74.4 Å². The number of thiocarbonyl (C=S) groups is 1. The van der Waals surface area contributed by atoms with Crippen LogP contribution < -0.4 is 5.32 Å². The molecule has 1 aromatic carbocycles. The molecule has 0 radical (unpaired) electrons. The molecule has 0 amide bonds. The van der Waals surface area contributed by atoms with Crippen molar-refractivity contribution in [3.05, 3.63) is 76.3 Å². The van der Waals surface area contributed by atoms with E-state index in [1.54, 1.807) is 24.4 Å². The minimum atomic E-state index is -0.130. The van der Waals surface area contributed by atoms with E-state index >= 15 is 0 Å². The van der Waals surface area contributed by atoms with Crippen LogP contribution in [0.25, 0.3) is 5.69 Å². The van der Waals surface area contributed by atoms with Crippen molar-refractivity contribution in [2.45, 2.75) is 32.4 Å². The van der Waals surface area contributed by atoms with Crippen molar-refractivity contribution in [2.24, 2.45) is 0 Å². The van der Waals surface area contributed by atoms with Crippen molar-refractivity contribution in [1.82, 2.24) is 19.8 Å². The standard InChI is InChI=1S/C23H25ClN4O2S/c1-14-12-17(15(2)28(14)19-13-16(24)7-8-20(19)30)22-21(18-6-3-4-9-25-18)26-23(31)27(22)10-5-11-29/h3-4,6-9,12-13,21-22,29-30H,5,10-11H2,1-2H3,(H,26,31)/t21-,22-/m1/s1. The third-order valence-corrected chi connectivity index (χ3v) is 6.31. The molecule has 3 aromatic rings. The van der Waals surface area contributed by atoms with Crippen molar-refractivity contribution >= 4 is 28.9 Å². The van der Waals surface area contributed by atoms with Gasteiger partial charge in [0.15, 0.2) is 5.11 Å². The predicted molar refractivity (Wildman–Crippen MR) is 126 cm³/mol. The molecule has 1 aliphatic heterocycles. The summed E-state index contributed by atoms with van der Waals surface area (Å²) >= 11 is 11.9. The van der Waals surface area contributed by atoms with Crippen molar-refractivity contribution in [3.8, 4) is 11.4 Å². The van der Waals surface area contributed by atoms with E-state index < -0.39 is 0 Å². The van der Waals surface area contributed by atoms with Gasteiger partial charge in [-0.2, -0.15) is 0 Å². The predicted octanol–water partition coefficient (Wildman–Crippen LogP) is 4.20. The van der Waals surface area contributed by atoms with E-state index in [0.717, 1.165) is 22.6 Å². The molecule has 3 heterocycles. The summed E-state index contributed by atoms with van der Waals surface area (Å²) in [7, 11) is 0. The first-order valence-corrected chi connectivity index (χ1v) is 11.0. The molecule has 0 spiro atoms. The summed E-state index contributed by atoms with van der Waals surface area (Å²) < 4.78 is 2.01. The molecule has 0 saturated carbocycles. The van der Waals surface area contributed by atoms with E-state index in [1.807, 2.05) is 36.6 Å². The minimum Gasteiger partial charge on any atom is -0.506 e. The summed E-state index contributed by atoms with van der Waals surface area (Å²) in [6.45, 7) is 4.76. The van der Waals surface area contributed by atoms with E-state index in [2.05, 4.69) is 21.3 Å². The molecule has 162 valence electrons. The number of phenolic OH excluding ortho intramolecular Hbond substituents is 1. The maximum Gasteiger partial charge on any atom is 0.170 e. The van der Waals surface area contributed by atoms with E-state index in [9.17, 15) is 10.2 Å². The third kappa shape index (κ3) is 4.01. The summed E-state index contributed by atoms with van der Waals surface area (Å²) in [5.41, 5.74) is 4.58. The summed E-state index contributed by atoms with van der Waals surface area (Å²) in [5, 5.41) is 24.5. The molecular formula is C23H25ClN4O2S. The van der Waals surface area contributed by atoms with Gasteiger partial charge in [-0.25, -0.2) is 0 Å². The molecule has 1 aliphatic rings. The number of hydrogen-bond acceptors (Lipinski definition) is 4. The van der Waals surface area contributed by atoms with E-state index in [-0.39, 0.29) is 24.4 Å². The van der Waals surface area contributed by atoms with E-state index in [1.165, 1.54) is 0 Å². The average Bonchev–Trinajstić information content (AvgIpc) is 3.24. The van der Waals surface area contributed by atoms with Crippen LogP contribution in [-0.2, 0) is 0 Å². The Morgan fingerprint density at radius 1 is 1.19 bits per heavy atom. The van der Waals surface area contributed by atoms with Crippen molar-refractivity contribution < 1.29 is 10.2 Å². The highest BCUT2D eigenvalue weighted by Crippen LogP contribution is 2.42. The molecule has 31 heavy (non-hydrogen) atoms. The first kappa shape index (κ1) is 21.6. The van der Waals surface area contributed by atoms with Crippen molar-refractivity contribution in [3.63, 3.8) is 0 Å². The molecule has 3 N–H and O–H groups in total. The number of aliphatic hydroxyl groups is 1. The lowest BCUT2D eigenvalue weighted by molar-refractivity contribution is 0.247. The molecule has 8 heteroatoms. The van der Waals surface area contributed by atoms with E-state index in [4.69, 9.17) is 23.8 Å². The maximum absolute atomic E-state index is 10.5. The fourth-order valence-corrected chi connectivity index (χ4v) is 4.86. The lowest BCUT2D eigenvalue weighted by atomic mass is 9.96. The Morgan fingerprint density at radius 2 is 2.00 bits per heavy atom. The number of rotatable bonds is 6. The van der Waals surface area contributed by atoms with Crippen LogP contribution in [0.5, 0.6) is 5.75 Å². The number of aromatic nitrogens is 2. The molecule has 0 aliphatic carbocycles. The zero-order valence-electron chi connectivity index (χ0n) is 17.4. The normalized spacial score (nSPS) is 18.5. The Kier molecular flexibility index (Phi) is 6.18. The maximum atomic E-state index is 10.5. The number of aryl methyl sites for hydroxylation is 1. The fourth-order valence-electron chi connectivity index (χ4n) is 4.36. The highest BCUT2D eigenvalue weighted by molar-refractivity contribution is 7.80.